The van der Waals surface area contributed by atoms with Crippen molar-refractivity contribution >= 4 is 11.8 Å². The van der Waals surface area contributed by atoms with E-state index in [9.17, 15) is 19.2 Å². The van der Waals surface area contributed by atoms with Crippen molar-refractivity contribution in [1.29, 1.82) is 0 Å². The van der Waals surface area contributed by atoms with Crippen molar-refractivity contribution in [1.82, 2.24) is 20.6 Å². The Balaban J connectivity index is 2.16. The van der Waals surface area contributed by atoms with Gasteiger partial charge < -0.3 is 15.6 Å². The van der Waals surface area contributed by atoms with E-state index in [1.807, 2.05) is 4.98 Å². The Bertz CT molecular complexity index is 810. The van der Waals surface area contributed by atoms with Crippen LogP contribution in [0.5, 0.6) is 0 Å². The molecule has 0 spiro atoms. The summed E-state index contributed by atoms with van der Waals surface area (Å²) < 4.78 is 0. The average Bonchev–Trinajstić information content (AvgIpc) is 2.55. The first-order valence-electron chi connectivity index (χ1n) is 6.88. The van der Waals surface area contributed by atoms with E-state index in [4.69, 9.17) is 0 Å². The first-order chi connectivity index (χ1) is 11.0. The Kier molecular flexibility index (Phi) is 5.08. The zero-order valence-electron chi connectivity index (χ0n) is 12.4. The Hall–Kier alpha value is -3.16. The molecular formula is C15H16N4O4. The van der Waals surface area contributed by atoms with Crippen LogP contribution in [0.25, 0.3) is 0 Å². The van der Waals surface area contributed by atoms with Crippen LogP contribution in [-0.2, 0) is 16.0 Å². The van der Waals surface area contributed by atoms with Crippen LogP contribution in [0.15, 0.2) is 46.1 Å². The third-order valence-corrected chi connectivity index (χ3v) is 3.19. The van der Waals surface area contributed by atoms with E-state index in [1.54, 1.807) is 30.3 Å². The molecule has 8 heteroatoms. The molecule has 8 nitrogen and oxygen atoms in total. The number of aromatic nitrogens is 2. The lowest BCUT2D eigenvalue weighted by molar-refractivity contribution is -0.128. The Morgan fingerprint density at radius 2 is 1.87 bits per heavy atom. The minimum atomic E-state index is -0.865. The minimum Gasteiger partial charge on any atom is -0.357 e. The predicted molar refractivity (Wildman–Crippen MR) is 82.8 cm³/mol. The number of carbonyl (C=O) groups excluding carboxylic acids is 2. The first-order valence-corrected chi connectivity index (χ1v) is 6.88. The van der Waals surface area contributed by atoms with E-state index >= 15 is 0 Å². The van der Waals surface area contributed by atoms with E-state index in [0.29, 0.717) is 5.56 Å². The largest absolute Gasteiger partial charge is 0.357 e. The summed E-state index contributed by atoms with van der Waals surface area (Å²) in [6.07, 6.45) is 0.921. The fraction of sp³-hybridized carbons (Fsp3) is 0.200. The zero-order chi connectivity index (χ0) is 16.8. The molecule has 0 bridgehead atoms. The van der Waals surface area contributed by atoms with Gasteiger partial charge in [0.05, 0.1) is 6.42 Å². The maximum absolute atomic E-state index is 12.1. The molecule has 4 N–H and O–H groups in total. The normalized spacial score (nSPS) is 11.5. The van der Waals surface area contributed by atoms with Crippen molar-refractivity contribution in [2.75, 3.05) is 7.05 Å². The van der Waals surface area contributed by atoms with Crippen molar-refractivity contribution in [3.63, 3.8) is 0 Å². The van der Waals surface area contributed by atoms with Crippen LogP contribution in [0.2, 0.25) is 0 Å². The molecule has 0 saturated heterocycles. The summed E-state index contributed by atoms with van der Waals surface area (Å²) >= 11 is 0. The summed E-state index contributed by atoms with van der Waals surface area (Å²) in [5, 5.41) is 5.06. The Morgan fingerprint density at radius 1 is 1.17 bits per heavy atom. The molecule has 23 heavy (non-hydrogen) atoms. The molecule has 0 radical (unpaired) electrons. The maximum Gasteiger partial charge on any atom is 0.325 e. The second kappa shape index (κ2) is 7.21. The number of aromatic amines is 2. The summed E-state index contributed by atoms with van der Waals surface area (Å²) in [6, 6.07) is 7.87. The van der Waals surface area contributed by atoms with Crippen LogP contribution in [-0.4, -0.2) is 28.8 Å². The first kappa shape index (κ1) is 16.2. The highest BCUT2D eigenvalue weighted by molar-refractivity contribution is 5.89. The molecule has 1 heterocycles. The number of carbonyl (C=O) groups is 2. The van der Waals surface area contributed by atoms with Crippen LogP contribution >= 0.6 is 0 Å². The lowest BCUT2D eigenvalue weighted by atomic mass is 10.1. The van der Waals surface area contributed by atoms with E-state index < -0.39 is 23.2 Å². The van der Waals surface area contributed by atoms with Crippen LogP contribution in [0.3, 0.4) is 0 Å². The molecule has 2 amide bonds. The van der Waals surface area contributed by atoms with Crippen LogP contribution in [0.1, 0.15) is 17.2 Å². The highest BCUT2D eigenvalue weighted by atomic mass is 16.2. The molecule has 0 fully saturated rings. The van der Waals surface area contributed by atoms with Gasteiger partial charge in [0.2, 0.25) is 11.8 Å². The van der Waals surface area contributed by atoms with Crippen LogP contribution in [0.4, 0.5) is 0 Å². The second-order valence-corrected chi connectivity index (χ2v) is 4.80. The molecule has 1 aromatic carbocycles. The molecule has 1 aromatic heterocycles. The zero-order valence-corrected chi connectivity index (χ0v) is 12.4. The summed E-state index contributed by atoms with van der Waals surface area (Å²) in [4.78, 5) is 51.0. The number of rotatable bonds is 5. The minimum absolute atomic E-state index is 0.103. The highest BCUT2D eigenvalue weighted by Gasteiger charge is 2.22. The molecule has 1 atom stereocenters. The van der Waals surface area contributed by atoms with Gasteiger partial charge in [0.1, 0.15) is 6.04 Å². The third kappa shape index (κ3) is 4.16. The van der Waals surface area contributed by atoms with E-state index in [-0.39, 0.29) is 17.9 Å². The quantitative estimate of drug-likeness (QED) is 0.577. The van der Waals surface area contributed by atoms with Gasteiger partial charge in [-0.1, -0.05) is 30.3 Å². The van der Waals surface area contributed by atoms with Gasteiger partial charge in [-0.05, 0) is 5.56 Å². The van der Waals surface area contributed by atoms with Crippen molar-refractivity contribution in [2.45, 2.75) is 12.5 Å². The number of H-pyrrole nitrogens is 2. The summed E-state index contributed by atoms with van der Waals surface area (Å²) in [7, 11) is 1.47. The molecule has 0 aliphatic heterocycles. The van der Waals surface area contributed by atoms with Gasteiger partial charge >= 0.3 is 5.69 Å². The van der Waals surface area contributed by atoms with Crippen molar-refractivity contribution in [3.8, 4) is 0 Å². The van der Waals surface area contributed by atoms with Gasteiger partial charge in [-0.3, -0.25) is 19.4 Å². The smallest absolute Gasteiger partial charge is 0.325 e. The van der Waals surface area contributed by atoms with Crippen molar-refractivity contribution in [3.05, 3.63) is 68.5 Å². The third-order valence-electron chi connectivity index (χ3n) is 3.19. The van der Waals surface area contributed by atoms with E-state index in [1.165, 1.54) is 13.2 Å². The van der Waals surface area contributed by atoms with Gasteiger partial charge in [0, 0.05) is 18.8 Å². The molecule has 0 saturated carbocycles. The maximum atomic E-state index is 12.1. The number of nitrogens with one attached hydrogen (secondary N) is 4. The second-order valence-electron chi connectivity index (χ2n) is 4.80. The molecule has 2 aromatic rings. The monoisotopic (exact) mass is 316 g/mol. The predicted octanol–water partition coefficient (Wildman–Crippen LogP) is -0.791. The molecule has 2 rings (SSSR count). The molecule has 0 aliphatic carbocycles. The van der Waals surface area contributed by atoms with Gasteiger partial charge in [0.15, 0.2) is 0 Å². The molecule has 0 unspecified atom stereocenters. The molecular weight excluding hydrogens is 300 g/mol. The summed E-state index contributed by atoms with van der Waals surface area (Å²) in [5.74, 6) is -0.889. The highest BCUT2D eigenvalue weighted by Crippen LogP contribution is 2.12. The number of likely N-dealkylation sites (N-methyl/N-ethyl adjacent to an activating group) is 1. The summed E-state index contributed by atoms with van der Waals surface area (Å²) in [5.41, 5.74) is -0.562. The van der Waals surface area contributed by atoms with Crippen molar-refractivity contribution < 1.29 is 9.59 Å². The van der Waals surface area contributed by atoms with E-state index in [2.05, 4.69) is 15.6 Å². The lowest BCUT2D eigenvalue weighted by Gasteiger charge is -2.17. The topological polar surface area (TPSA) is 124 Å². The van der Waals surface area contributed by atoms with Crippen LogP contribution in [0, 0.1) is 0 Å². The van der Waals surface area contributed by atoms with Crippen molar-refractivity contribution in [2.24, 2.45) is 0 Å². The van der Waals surface area contributed by atoms with Gasteiger partial charge in [0.25, 0.3) is 5.56 Å². The van der Waals surface area contributed by atoms with Gasteiger partial charge in [-0.2, -0.15) is 0 Å². The number of benzene rings is 1. The Labute approximate surface area is 130 Å². The van der Waals surface area contributed by atoms with Gasteiger partial charge in [-0.25, -0.2) is 4.79 Å². The fourth-order valence-electron chi connectivity index (χ4n) is 2.04. The van der Waals surface area contributed by atoms with Crippen LogP contribution < -0.4 is 21.9 Å². The molecule has 0 aliphatic rings. The average molecular weight is 316 g/mol. The Morgan fingerprint density at radius 3 is 2.48 bits per heavy atom. The standard InChI is InChI=1S/C15H16N4O4/c1-16-14(22)12(9-5-3-2-4-6-9)18-11(20)7-10-8-17-15(23)19-13(10)21/h2-6,8,12H,7H2,1H3,(H,16,22)(H,18,20)(H2,17,19,21,23)/t12-/m1/s1. The summed E-state index contributed by atoms with van der Waals surface area (Å²) in [6.45, 7) is 0. The van der Waals surface area contributed by atoms with E-state index in [0.717, 1.165) is 0 Å². The number of hydrogen-bond donors (Lipinski definition) is 4. The molecule has 120 valence electrons. The number of amides is 2. The number of hydrogen-bond acceptors (Lipinski definition) is 4. The fourth-order valence-corrected chi connectivity index (χ4v) is 2.04. The van der Waals surface area contributed by atoms with Gasteiger partial charge in [-0.15, -0.1) is 0 Å². The SMILES string of the molecule is CNC(=O)[C@H](NC(=O)Cc1c[nH]c(=O)[nH]c1=O)c1ccccc1. The lowest BCUT2D eigenvalue weighted by Crippen LogP contribution is -2.40.